The predicted octanol–water partition coefficient (Wildman–Crippen LogP) is 3.64. The van der Waals surface area contributed by atoms with E-state index in [4.69, 9.17) is 4.74 Å². The van der Waals surface area contributed by atoms with E-state index in [1.54, 1.807) is 0 Å². The van der Waals surface area contributed by atoms with Crippen LogP contribution in [0.3, 0.4) is 0 Å². The zero-order chi connectivity index (χ0) is 12.7. The second-order valence-corrected chi connectivity index (χ2v) is 4.29. The van der Waals surface area contributed by atoms with Gasteiger partial charge in [-0.25, -0.2) is 0 Å². The zero-order valence-corrected chi connectivity index (χ0v) is 11.6. The number of hydrogen-bond donors (Lipinski definition) is 0. The Hall–Kier alpha value is -1.02. The molecule has 2 heteroatoms. The summed E-state index contributed by atoms with van der Waals surface area (Å²) in [6.45, 7) is 7.95. The van der Waals surface area contributed by atoms with Crippen LogP contribution < -0.4 is 4.90 Å². The first-order chi connectivity index (χ1) is 8.27. The Bertz CT molecular complexity index is 318. The highest BCUT2D eigenvalue weighted by Gasteiger charge is 2.18. The van der Waals surface area contributed by atoms with Crippen LogP contribution in [-0.2, 0) is 4.74 Å². The average molecular weight is 235 g/mol. The maximum Gasteiger partial charge on any atom is 0.0485 e. The molecule has 0 aromatic heterocycles. The molecule has 96 valence electrons. The molecule has 0 saturated carbocycles. The molecule has 2 nitrogen and oxygen atoms in total. The highest BCUT2D eigenvalue weighted by Crippen LogP contribution is 2.21. The topological polar surface area (TPSA) is 12.5 Å². The second kappa shape index (κ2) is 7.33. The van der Waals surface area contributed by atoms with E-state index < -0.39 is 0 Å². The van der Waals surface area contributed by atoms with E-state index in [1.165, 1.54) is 11.3 Å². The van der Waals surface area contributed by atoms with Crippen molar-refractivity contribution >= 4 is 5.69 Å². The lowest BCUT2D eigenvalue weighted by Gasteiger charge is -2.33. The lowest BCUT2D eigenvalue weighted by atomic mass is 10.1. The first-order valence-corrected chi connectivity index (χ1v) is 6.64. The van der Waals surface area contributed by atoms with Crippen molar-refractivity contribution in [3.63, 3.8) is 0 Å². The first kappa shape index (κ1) is 14.0. The van der Waals surface area contributed by atoms with Crippen molar-refractivity contribution in [2.75, 3.05) is 25.2 Å². The predicted molar refractivity (Wildman–Crippen MR) is 74.8 cm³/mol. The van der Waals surface area contributed by atoms with Crippen LogP contribution >= 0.6 is 0 Å². The van der Waals surface area contributed by atoms with E-state index in [-0.39, 0.29) is 0 Å². The normalized spacial score (nSPS) is 16.0. The number of benzene rings is 1. The van der Waals surface area contributed by atoms with Crippen molar-refractivity contribution in [3.8, 4) is 0 Å². The molecule has 0 radical (unpaired) electrons. The minimum atomic E-state index is 0.639. The summed E-state index contributed by atoms with van der Waals surface area (Å²) in [5.74, 6) is 0. The second-order valence-electron chi connectivity index (χ2n) is 4.29. The number of anilines is 1. The lowest BCUT2D eigenvalue weighted by Crippen LogP contribution is -2.36. The van der Waals surface area contributed by atoms with Gasteiger partial charge in [-0.05, 0) is 37.5 Å². The number of aryl methyl sites for hydroxylation is 1. The van der Waals surface area contributed by atoms with Crippen molar-refractivity contribution in [3.05, 3.63) is 29.8 Å². The van der Waals surface area contributed by atoms with E-state index in [1.807, 2.05) is 13.8 Å². The molecule has 1 aromatic rings. The molecule has 0 amide bonds. The van der Waals surface area contributed by atoms with Crippen LogP contribution in [0.5, 0.6) is 0 Å². The molecule has 0 N–H and O–H groups in total. The van der Waals surface area contributed by atoms with Gasteiger partial charge in [-0.3, -0.25) is 0 Å². The maximum atomic E-state index is 5.38. The Morgan fingerprint density at radius 3 is 2.41 bits per heavy atom. The van der Waals surface area contributed by atoms with Gasteiger partial charge in [-0.15, -0.1) is 0 Å². The monoisotopic (exact) mass is 235 g/mol. The summed E-state index contributed by atoms with van der Waals surface area (Å²) < 4.78 is 5.38. The van der Waals surface area contributed by atoms with Gasteiger partial charge in [0.2, 0.25) is 0 Å². The molecule has 0 unspecified atom stereocenters. The first-order valence-electron chi connectivity index (χ1n) is 6.64. The largest absolute Gasteiger partial charge is 0.381 e. The molecule has 1 saturated heterocycles. The van der Waals surface area contributed by atoms with E-state index in [0.29, 0.717) is 6.04 Å². The highest BCUT2D eigenvalue weighted by molar-refractivity contribution is 5.48. The minimum Gasteiger partial charge on any atom is -0.381 e. The van der Waals surface area contributed by atoms with Crippen molar-refractivity contribution in [1.82, 2.24) is 0 Å². The average Bonchev–Trinajstić information content (AvgIpc) is 2.41. The zero-order valence-electron chi connectivity index (χ0n) is 11.6. The van der Waals surface area contributed by atoms with E-state index in [9.17, 15) is 0 Å². The standard InChI is InChI=1S/C13H19NO.C2H6/c1-11-4-3-5-13(10-11)14(2)12-6-8-15-9-7-12;1-2/h3-5,10,12H,6-9H2,1-2H3;1-2H3. The minimum absolute atomic E-state index is 0.639. The van der Waals surface area contributed by atoms with Crippen LogP contribution in [0.15, 0.2) is 24.3 Å². The summed E-state index contributed by atoms with van der Waals surface area (Å²) >= 11 is 0. The van der Waals surface area contributed by atoms with Gasteiger partial charge in [0.25, 0.3) is 0 Å². The third kappa shape index (κ3) is 4.04. The molecule has 1 fully saturated rings. The summed E-state index contributed by atoms with van der Waals surface area (Å²) in [6.07, 6.45) is 2.29. The molecule has 1 aliphatic heterocycles. The van der Waals surface area contributed by atoms with E-state index >= 15 is 0 Å². The van der Waals surface area contributed by atoms with Crippen LogP contribution in [0.2, 0.25) is 0 Å². The van der Waals surface area contributed by atoms with E-state index in [0.717, 1.165) is 26.1 Å². The van der Waals surface area contributed by atoms with Crippen molar-refractivity contribution in [1.29, 1.82) is 0 Å². The summed E-state index contributed by atoms with van der Waals surface area (Å²) in [6, 6.07) is 9.33. The van der Waals surface area contributed by atoms with Gasteiger partial charge < -0.3 is 9.64 Å². The number of nitrogens with zero attached hydrogens (tertiary/aromatic N) is 1. The van der Waals surface area contributed by atoms with Crippen LogP contribution in [0.1, 0.15) is 32.3 Å². The van der Waals surface area contributed by atoms with Gasteiger partial charge in [-0.2, -0.15) is 0 Å². The smallest absolute Gasteiger partial charge is 0.0485 e. The van der Waals surface area contributed by atoms with Crippen LogP contribution in [0.25, 0.3) is 0 Å². The lowest BCUT2D eigenvalue weighted by molar-refractivity contribution is 0.0855. The molecule has 0 atom stereocenters. The molecule has 1 heterocycles. The van der Waals surface area contributed by atoms with Crippen LogP contribution in [0.4, 0.5) is 5.69 Å². The molecule has 0 spiro atoms. The van der Waals surface area contributed by atoms with Crippen molar-refractivity contribution in [2.45, 2.75) is 39.7 Å². The number of hydrogen-bond acceptors (Lipinski definition) is 2. The van der Waals surface area contributed by atoms with Crippen molar-refractivity contribution in [2.24, 2.45) is 0 Å². The fourth-order valence-corrected chi connectivity index (χ4v) is 2.13. The third-order valence-corrected chi connectivity index (χ3v) is 3.15. The highest BCUT2D eigenvalue weighted by atomic mass is 16.5. The molecular weight excluding hydrogens is 210 g/mol. The van der Waals surface area contributed by atoms with Gasteiger partial charge in [0.1, 0.15) is 0 Å². The van der Waals surface area contributed by atoms with Gasteiger partial charge >= 0.3 is 0 Å². The summed E-state index contributed by atoms with van der Waals surface area (Å²) in [4.78, 5) is 2.38. The quantitative estimate of drug-likeness (QED) is 0.776. The van der Waals surface area contributed by atoms with Crippen LogP contribution in [0, 0.1) is 6.92 Å². The molecule has 17 heavy (non-hydrogen) atoms. The Balaban J connectivity index is 0.000000686. The fourth-order valence-electron chi connectivity index (χ4n) is 2.13. The van der Waals surface area contributed by atoms with Gasteiger partial charge in [0.15, 0.2) is 0 Å². The van der Waals surface area contributed by atoms with Crippen molar-refractivity contribution < 1.29 is 4.74 Å². The third-order valence-electron chi connectivity index (χ3n) is 3.15. The summed E-state index contributed by atoms with van der Waals surface area (Å²) in [5.41, 5.74) is 2.65. The summed E-state index contributed by atoms with van der Waals surface area (Å²) in [5, 5.41) is 0. The Morgan fingerprint density at radius 1 is 1.18 bits per heavy atom. The fraction of sp³-hybridized carbons (Fsp3) is 0.600. The molecule has 0 aliphatic carbocycles. The Morgan fingerprint density at radius 2 is 1.82 bits per heavy atom. The van der Waals surface area contributed by atoms with Gasteiger partial charge in [-0.1, -0.05) is 26.0 Å². The molecule has 1 aromatic carbocycles. The Kier molecular flexibility index (Phi) is 6.06. The molecule has 0 bridgehead atoms. The Labute approximate surface area is 106 Å². The summed E-state index contributed by atoms with van der Waals surface area (Å²) in [7, 11) is 2.19. The van der Waals surface area contributed by atoms with E-state index in [2.05, 4.69) is 43.1 Å². The van der Waals surface area contributed by atoms with Crippen LogP contribution in [-0.4, -0.2) is 26.3 Å². The molecule has 2 rings (SSSR count). The number of rotatable bonds is 2. The SMILES string of the molecule is CC.Cc1cccc(N(C)C2CCOCC2)c1. The maximum absolute atomic E-state index is 5.38. The number of ether oxygens (including phenoxy) is 1. The molecular formula is C15H25NO. The molecule has 1 aliphatic rings. The van der Waals surface area contributed by atoms with Gasteiger partial charge in [0.05, 0.1) is 0 Å². The van der Waals surface area contributed by atoms with Gasteiger partial charge in [0, 0.05) is 32.0 Å².